The number of hydrogen-bond acceptors (Lipinski definition) is 4. The number of nitrogens with one attached hydrogen (secondary N) is 1. The van der Waals surface area contributed by atoms with Crippen molar-refractivity contribution in [2.75, 3.05) is 19.6 Å². The summed E-state index contributed by atoms with van der Waals surface area (Å²) in [5.41, 5.74) is 0.968. The topological polar surface area (TPSA) is 78.6 Å². The van der Waals surface area contributed by atoms with Gasteiger partial charge in [0.2, 0.25) is 5.89 Å². The van der Waals surface area contributed by atoms with E-state index < -0.39 is 41.3 Å². The molecule has 2 heterocycles. The maximum absolute atomic E-state index is 14.6. The van der Waals surface area contributed by atoms with Gasteiger partial charge in [-0.2, -0.15) is 0 Å². The molecular weight excluding hydrogens is 471 g/mol. The van der Waals surface area contributed by atoms with Crippen molar-refractivity contribution in [3.8, 4) is 11.5 Å². The number of halogens is 3. The SMILES string of the molecule is CC(C)(C)C(NCC1CN(C(=O)O)CC1F)c1nc(-c2cc(F)ccc2F)oc1Cc1ccccc1. The molecule has 1 aliphatic rings. The van der Waals surface area contributed by atoms with Crippen LogP contribution in [0, 0.1) is 23.0 Å². The van der Waals surface area contributed by atoms with E-state index in [4.69, 9.17) is 4.42 Å². The number of likely N-dealkylation sites (tertiary alicyclic amines) is 1. The Hall–Kier alpha value is -3.33. The predicted molar refractivity (Wildman–Crippen MR) is 129 cm³/mol. The fraction of sp³-hybridized carbons (Fsp3) is 0.407. The second kappa shape index (κ2) is 10.3. The number of carbonyl (C=O) groups is 1. The van der Waals surface area contributed by atoms with Crippen molar-refractivity contribution in [1.82, 2.24) is 15.2 Å². The van der Waals surface area contributed by atoms with Gasteiger partial charge in [0, 0.05) is 25.4 Å². The maximum Gasteiger partial charge on any atom is 0.407 e. The van der Waals surface area contributed by atoms with Gasteiger partial charge in [0.1, 0.15) is 29.3 Å². The second-order valence-electron chi connectivity index (χ2n) is 10.3. The summed E-state index contributed by atoms with van der Waals surface area (Å²) in [6.45, 7) is 6.11. The quantitative estimate of drug-likeness (QED) is 0.426. The highest BCUT2D eigenvalue weighted by molar-refractivity contribution is 5.65. The minimum atomic E-state index is -1.28. The molecule has 0 spiro atoms. The van der Waals surface area contributed by atoms with Crippen molar-refractivity contribution < 1.29 is 27.5 Å². The molecule has 3 atom stereocenters. The Morgan fingerprint density at radius 3 is 2.56 bits per heavy atom. The van der Waals surface area contributed by atoms with Crippen LogP contribution >= 0.6 is 0 Å². The molecule has 0 bridgehead atoms. The van der Waals surface area contributed by atoms with Crippen LogP contribution in [0.5, 0.6) is 0 Å². The van der Waals surface area contributed by atoms with Gasteiger partial charge in [0.25, 0.3) is 0 Å². The number of benzene rings is 2. The van der Waals surface area contributed by atoms with Crippen LogP contribution in [0.3, 0.4) is 0 Å². The maximum atomic E-state index is 14.6. The van der Waals surface area contributed by atoms with E-state index >= 15 is 0 Å². The van der Waals surface area contributed by atoms with Crippen LogP contribution in [-0.4, -0.2) is 46.9 Å². The Morgan fingerprint density at radius 2 is 1.92 bits per heavy atom. The molecule has 4 rings (SSSR count). The lowest BCUT2D eigenvalue weighted by Crippen LogP contribution is -2.38. The summed E-state index contributed by atoms with van der Waals surface area (Å²) >= 11 is 0. The zero-order valence-corrected chi connectivity index (χ0v) is 20.5. The molecule has 9 heteroatoms. The first-order valence-electron chi connectivity index (χ1n) is 11.9. The lowest BCUT2D eigenvalue weighted by molar-refractivity contribution is 0.152. The van der Waals surface area contributed by atoms with Crippen LogP contribution in [0.2, 0.25) is 0 Å². The molecule has 1 fully saturated rings. The number of oxazole rings is 1. The van der Waals surface area contributed by atoms with Crippen LogP contribution < -0.4 is 5.32 Å². The van der Waals surface area contributed by atoms with E-state index in [9.17, 15) is 23.1 Å². The normalized spacial score (nSPS) is 19.0. The number of amides is 1. The van der Waals surface area contributed by atoms with E-state index in [2.05, 4.69) is 10.3 Å². The summed E-state index contributed by atoms with van der Waals surface area (Å²) in [5, 5.41) is 12.6. The van der Waals surface area contributed by atoms with Crippen molar-refractivity contribution in [3.05, 3.63) is 77.2 Å². The predicted octanol–water partition coefficient (Wildman–Crippen LogP) is 5.84. The molecule has 1 aromatic heterocycles. The lowest BCUT2D eigenvalue weighted by atomic mass is 9.83. The van der Waals surface area contributed by atoms with E-state index in [0.717, 1.165) is 28.7 Å². The third kappa shape index (κ3) is 5.73. The number of hydrogen-bond donors (Lipinski definition) is 2. The highest BCUT2D eigenvalue weighted by Crippen LogP contribution is 2.38. The van der Waals surface area contributed by atoms with Gasteiger partial charge in [-0.1, -0.05) is 51.1 Å². The molecular formula is C27H30F3N3O3. The first kappa shape index (κ1) is 25.8. The van der Waals surface area contributed by atoms with Crippen LogP contribution in [0.15, 0.2) is 52.9 Å². The monoisotopic (exact) mass is 501 g/mol. The lowest BCUT2D eigenvalue weighted by Gasteiger charge is -2.32. The first-order valence-corrected chi connectivity index (χ1v) is 11.9. The molecule has 0 radical (unpaired) electrons. The number of rotatable bonds is 7. The minimum absolute atomic E-state index is 0.0368. The van der Waals surface area contributed by atoms with Crippen molar-refractivity contribution >= 4 is 6.09 Å². The largest absolute Gasteiger partial charge is 0.465 e. The van der Waals surface area contributed by atoms with Gasteiger partial charge in [-0.05, 0) is 29.2 Å². The van der Waals surface area contributed by atoms with Gasteiger partial charge in [0.05, 0.1) is 18.2 Å². The van der Waals surface area contributed by atoms with Gasteiger partial charge < -0.3 is 19.7 Å². The third-order valence-electron chi connectivity index (χ3n) is 6.45. The summed E-state index contributed by atoms with van der Waals surface area (Å²) in [4.78, 5) is 17.0. The highest BCUT2D eigenvalue weighted by Gasteiger charge is 2.38. The van der Waals surface area contributed by atoms with Crippen LogP contribution in [-0.2, 0) is 6.42 Å². The van der Waals surface area contributed by atoms with Gasteiger partial charge in [-0.3, -0.25) is 0 Å². The Balaban J connectivity index is 1.69. The Morgan fingerprint density at radius 1 is 1.19 bits per heavy atom. The summed E-state index contributed by atoms with van der Waals surface area (Å²) in [6, 6.07) is 12.2. The molecule has 3 aromatic rings. The Kier molecular flexibility index (Phi) is 7.40. The summed E-state index contributed by atoms with van der Waals surface area (Å²) in [7, 11) is 0. The molecule has 2 N–H and O–H groups in total. The number of carboxylic acid groups (broad SMARTS) is 1. The number of alkyl halides is 1. The first-order chi connectivity index (χ1) is 17.0. The summed E-state index contributed by atoms with van der Waals surface area (Å²) in [6.07, 6.45) is -2.06. The van der Waals surface area contributed by atoms with Gasteiger partial charge in [0.15, 0.2) is 0 Å². The molecule has 6 nitrogen and oxygen atoms in total. The van der Waals surface area contributed by atoms with E-state index in [0.29, 0.717) is 17.9 Å². The van der Waals surface area contributed by atoms with Crippen molar-refractivity contribution in [3.63, 3.8) is 0 Å². The van der Waals surface area contributed by atoms with Crippen molar-refractivity contribution in [1.29, 1.82) is 0 Å². The summed E-state index contributed by atoms with van der Waals surface area (Å²) < 4.78 is 49.1. The van der Waals surface area contributed by atoms with E-state index in [1.165, 1.54) is 0 Å². The molecule has 1 aliphatic heterocycles. The smallest absolute Gasteiger partial charge is 0.407 e. The standard InChI is InChI=1S/C27H30F3N3O3/c1-27(2,3)24(31-13-17-14-33(26(34)35)15-21(17)30)23-22(11-16-7-5-4-6-8-16)36-25(32-23)19-12-18(28)9-10-20(19)29/h4-10,12,17,21,24,31H,11,13-15H2,1-3H3,(H,34,35). The molecule has 192 valence electrons. The highest BCUT2D eigenvalue weighted by atomic mass is 19.1. The van der Waals surface area contributed by atoms with Crippen LogP contribution in [0.25, 0.3) is 11.5 Å². The van der Waals surface area contributed by atoms with Gasteiger partial charge in [-0.15, -0.1) is 0 Å². The van der Waals surface area contributed by atoms with Gasteiger partial charge >= 0.3 is 6.09 Å². The molecule has 2 aromatic carbocycles. The van der Waals surface area contributed by atoms with Crippen LogP contribution in [0.1, 0.15) is 43.8 Å². The average molecular weight is 502 g/mol. The number of aromatic nitrogens is 1. The Labute approximate surface area is 208 Å². The van der Waals surface area contributed by atoms with Gasteiger partial charge in [-0.25, -0.2) is 22.9 Å². The van der Waals surface area contributed by atoms with E-state index in [1.54, 1.807) is 0 Å². The molecule has 3 unspecified atom stereocenters. The zero-order valence-electron chi connectivity index (χ0n) is 20.5. The fourth-order valence-electron chi connectivity index (χ4n) is 4.54. The third-order valence-corrected chi connectivity index (χ3v) is 6.45. The Bertz CT molecular complexity index is 1210. The molecule has 0 aliphatic carbocycles. The van der Waals surface area contributed by atoms with E-state index in [-0.39, 0.29) is 31.1 Å². The number of nitrogens with zero attached hydrogens (tertiary/aromatic N) is 2. The molecule has 0 saturated carbocycles. The average Bonchev–Trinajstić information content (AvgIpc) is 3.39. The fourth-order valence-corrected chi connectivity index (χ4v) is 4.54. The molecule has 36 heavy (non-hydrogen) atoms. The molecule has 1 amide bonds. The van der Waals surface area contributed by atoms with Crippen molar-refractivity contribution in [2.45, 2.75) is 39.4 Å². The zero-order chi connectivity index (χ0) is 26.0. The van der Waals surface area contributed by atoms with E-state index in [1.807, 2.05) is 51.1 Å². The second-order valence-corrected chi connectivity index (χ2v) is 10.3. The molecule has 1 saturated heterocycles. The minimum Gasteiger partial charge on any atom is -0.465 e. The van der Waals surface area contributed by atoms with Crippen molar-refractivity contribution in [2.24, 2.45) is 11.3 Å². The van der Waals surface area contributed by atoms with Crippen LogP contribution in [0.4, 0.5) is 18.0 Å². The summed E-state index contributed by atoms with van der Waals surface area (Å²) in [5.74, 6) is -1.33.